The minimum atomic E-state index is -0.375. The van der Waals surface area contributed by atoms with Crippen LogP contribution in [0, 0.1) is 5.82 Å². The lowest BCUT2D eigenvalue weighted by atomic mass is 10.1. The van der Waals surface area contributed by atoms with E-state index < -0.39 is 0 Å². The van der Waals surface area contributed by atoms with Crippen molar-refractivity contribution in [2.45, 2.75) is 6.42 Å². The van der Waals surface area contributed by atoms with Crippen molar-refractivity contribution >= 4 is 27.5 Å². The van der Waals surface area contributed by atoms with Crippen LogP contribution in [-0.4, -0.2) is 6.54 Å². The first-order valence-corrected chi connectivity index (χ1v) is 6.89. The molecule has 0 aliphatic heterocycles. The maximum absolute atomic E-state index is 13.4. The van der Waals surface area contributed by atoms with Crippen molar-refractivity contribution in [1.82, 2.24) is 0 Å². The van der Waals surface area contributed by atoms with Crippen molar-refractivity contribution in [2.75, 3.05) is 6.54 Å². The van der Waals surface area contributed by atoms with Gasteiger partial charge in [0.15, 0.2) is 0 Å². The first-order chi connectivity index (χ1) is 9.11. The Morgan fingerprint density at radius 2 is 2.05 bits per heavy atom. The van der Waals surface area contributed by atoms with Gasteiger partial charge >= 0.3 is 0 Å². The second-order valence-corrected chi connectivity index (χ2v) is 5.19. The zero-order valence-corrected chi connectivity index (χ0v) is 12.3. The fourth-order valence-corrected chi connectivity index (χ4v) is 2.20. The molecule has 0 aliphatic carbocycles. The van der Waals surface area contributed by atoms with E-state index in [1.54, 1.807) is 30.3 Å². The smallest absolute Gasteiger partial charge is 0.141 e. The van der Waals surface area contributed by atoms with Gasteiger partial charge < -0.3 is 10.5 Å². The average molecular weight is 345 g/mol. The summed E-state index contributed by atoms with van der Waals surface area (Å²) in [6.07, 6.45) is 0.605. The Bertz CT molecular complexity index is 592. The quantitative estimate of drug-likeness (QED) is 0.884. The predicted molar refractivity (Wildman–Crippen MR) is 78.4 cm³/mol. The first kappa shape index (κ1) is 14.3. The summed E-state index contributed by atoms with van der Waals surface area (Å²) >= 11 is 9.21. The maximum Gasteiger partial charge on any atom is 0.141 e. The summed E-state index contributed by atoms with van der Waals surface area (Å²) in [4.78, 5) is 0. The topological polar surface area (TPSA) is 35.2 Å². The molecular formula is C14H12BrClFNO. The summed E-state index contributed by atoms with van der Waals surface area (Å²) in [5, 5.41) is 0.598. The minimum Gasteiger partial charge on any atom is -0.457 e. The molecule has 0 fully saturated rings. The SMILES string of the molecule is NCCc1c(Cl)cccc1Oc1ccc(Br)c(F)c1. The standard InChI is InChI=1S/C14H12BrClFNO/c15-11-5-4-9(8-13(11)17)19-14-3-1-2-12(16)10(14)6-7-18/h1-5,8H,6-7,18H2. The van der Waals surface area contributed by atoms with Gasteiger partial charge in [0.25, 0.3) is 0 Å². The first-order valence-electron chi connectivity index (χ1n) is 5.72. The normalized spacial score (nSPS) is 10.5. The molecule has 0 atom stereocenters. The fraction of sp³-hybridized carbons (Fsp3) is 0.143. The molecule has 0 heterocycles. The fourth-order valence-electron chi connectivity index (χ4n) is 1.69. The molecule has 2 nitrogen and oxygen atoms in total. The van der Waals surface area contributed by atoms with Crippen LogP contribution in [0.15, 0.2) is 40.9 Å². The van der Waals surface area contributed by atoms with Crippen LogP contribution in [0.25, 0.3) is 0 Å². The highest BCUT2D eigenvalue weighted by Gasteiger charge is 2.09. The monoisotopic (exact) mass is 343 g/mol. The Labute approximate surface area is 124 Å². The minimum absolute atomic E-state index is 0.375. The molecule has 0 amide bonds. The van der Waals surface area contributed by atoms with Crippen molar-refractivity contribution in [1.29, 1.82) is 0 Å². The van der Waals surface area contributed by atoms with E-state index in [1.165, 1.54) is 6.07 Å². The summed E-state index contributed by atoms with van der Waals surface area (Å²) in [5.74, 6) is 0.640. The molecule has 0 aromatic heterocycles. The van der Waals surface area contributed by atoms with Crippen LogP contribution in [-0.2, 0) is 6.42 Å². The van der Waals surface area contributed by atoms with Gasteiger partial charge in [0, 0.05) is 16.7 Å². The van der Waals surface area contributed by atoms with Gasteiger partial charge in [-0.05, 0) is 53.2 Å². The van der Waals surface area contributed by atoms with Crippen LogP contribution in [0.1, 0.15) is 5.56 Å². The summed E-state index contributed by atoms with van der Waals surface area (Å²) in [6.45, 7) is 0.467. The lowest BCUT2D eigenvalue weighted by Crippen LogP contribution is -2.04. The van der Waals surface area contributed by atoms with E-state index in [0.717, 1.165) is 5.56 Å². The van der Waals surface area contributed by atoms with Crippen molar-refractivity contribution in [3.63, 3.8) is 0 Å². The molecule has 0 bridgehead atoms. The number of nitrogens with two attached hydrogens (primary N) is 1. The Hall–Kier alpha value is -1.10. The van der Waals surface area contributed by atoms with Crippen molar-refractivity contribution < 1.29 is 9.13 Å². The van der Waals surface area contributed by atoms with E-state index in [2.05, 4.69) is 15.9 Å². The Morgan fingerprint density at radius 3 is 2.74 bits per heavy atom. The molecule has 2 aromatic carbocycles. The molecule has 0 saturated carbocycles. The number of halogens is 3. The molecule has 2 aromatic rings. The van der Waals surface area contributed by atoms with Crippen LogP contribution in [0.3, 0.4) is 0 Å². The second-order valence-electron chi connectivity index (χ2n) is 3.93. The molecule has 0 saturated heterocycles. The van der Waals surface area contributed by atoms with Crippen molar-refractivity contribution in [3.05, 3.63) is 57.3 Å². The average Bonchev–Trinajstić information content (AvgIpc) is 2.38. The Kier molecular flexibility index (Phi) is 4.80. The summed E-state index contributed by atoms with van der Waals surface area (Å²) in [7, 11) is 0. The third-order valence-corrected chi connectivity index (χ3v) is 3.59. The predicted octanol–water partition coefficient (Wildman–Crippen LogP) is 4.54. The number of rotatable bonds is 4. The molecule has 0 aliphatic rings. The van der Waals surface area contributed by atoms with Gasteiger partial charge in [-0.15, -0.1) is 0 Å². The van der Waals surface area contributed by atoms with E-state index in [9.17, 15) is 4.39 Å². The second kappa shape index (κ2) is 6.37. The van der Waals surface area contributed by atoms with Crippen LogP contribution in [0.4, 0.5) is 4.39 Å². The Morgan fingerprint density at radius 1 is 1.26 bits per heavy atom. The Balaban J connectivity index is 2.32. The molecule has 0 unspecified atom stereocenters. The molecule has 100 valence electrons. The van der Waals surface area contributed by atoms with Crippen molar-refractivity contribution in [2.24, 2.45) is 5.73 Å². The van der Waals surface area contributed by atoms with E-state index in [1.807, 2.05) is 0 Å². The highest BCUT2D eigenvalue weighted by molar-refractivity contribution is 9.10. The number of hydrogen-bond donors (Lipinski definition) is 1. The van der Waals surface area contributed by atoms with Gasteiger partial charge in [0.05, 0.1) is 4.47 Å². The maximum atomic E-state index is 13.4. The van der Waals surface area contributed by atoms with Gasteiger partial charge in [-0.2, -0.15) is 0 Å². The van der Waals surface area contributed by atoms with E-state index in [-0.39, 0.29) is 5.82 Å². The highest BCUT2D eigenvalue weighted by atomic mass is 79.9. The molecule has 0 spiro atoms. The molecule has 19 heavy (non-hydrogen) atoms. The van der Waals surface area contributed by atoms with Gasteiger partial charge in [-0.3, -0.25) is 0 Å². The molecular weight excluding hydrogens is 333 g/mol. The molecule has 0 radical (unpaired) electrons. The van der Waals surface area contributed by atoms with E-state index in [0.29, 0.717) is 34.0 Å². The van der Waals surface area contributed by atoms with Crippen LogP contribution in [0.5, 0.6) is 11.5 Å². The number of benzene rings is 2. The third-order valence-electron chi connectivity index (χ3n) is 2.59. The summed E-state index contributed by atoms with van der Waals surface area (Å²) in [5.41, 5.74) is 6.38. The number of ether oxygens (including phenoxy) is 1. The lowest BCUT2D eigenvalue weighted by molar-refractivity contribution is 0.470. The van der Waals surface area contributed by atoms with E-state index >= 15 is 0 Å². The molecule has 2 N–H and O–H groups in total. The van der Waals surface area contributed by atoms with Gasteiger partial charge in [-0.1, -0.05) is 17.7 Å². The van der Waals surface area contributed by atoms with Crippen molar-refractivity contribution in [3.8, 4) is 11.5 Å². The molecule has 5 heteroatoms. The number of hydrogen-bond acceptors (Lipinski definition) is 2. The van der Waals surface area contributed by atoms with Gasteiger partial charge in [0.2, 0.25) is 0 Å². The van der Waals surface area contributed by atoms with Crippen LogP contribution in [0.2, 0.25) is 5.02 Å². The van der Waals surface area contributed by atoms with Gasteiger partial charge in [0.1, 0.15) is 17.3 Å². The lowest BCUT2D eigenvalue weighted by Gasteiger charge is -2.12. The third kappa shape index (κ3) is 3.47. The summed E-state index contributed by atoms with van der Waals surface area (Å²) < 4.78 is 19.5. The largest absolute Gasteiger partial charge is 0.457 e. The zero-order chi connectivity index (χ0) is 13.8. The van der Waals surface area contributed by atoms with Crippen LogP contribution < -0.4 is 10.5 Å². The van der Waals surface area contributed by atoms with E-state index in [4.69, 9.17) is 22.1 Å². The highest BCUT2D eigenvalue weighted by Crippen LogP contribution is 2.31. The zero-order valence-electron chi connectivity index (χ0n) is 10.00. The van der Waals surface area contributed by atoms with Gasteiger partial charge in [-0.25, -0.2) is 4.39 Å². The van der Waals surface area contributed by atoms with Crippen LogP contribution >= 0.6 is 27.5 Å². The summed E-state index contributed by atoms with van der Waals surface area (Å²) in [6, 6.07) is 9.95. The molecule has 2 rings (SSSR count).